The molecule has 0 heterocycles. The summed E-state index contributed by atoms with van der Waals surface area (Å²) in [7, 11) is 1.39. The molecule has 0 bridgehead atoms. The summed E-state index contributed by atoms with van der Waals surface area (Å²) in [6, 6.07) is 26.7. The van der Waals surface area contributed by atoms with Gasteiger partial charge in [0.25, 0.3) is 11.6 Å². The number of ether oxygens (including phenoxy) is 2. The Balaban J connectivity index is 1.49. The van der Waals surface area contributed by atoms with Crippen molar-refractivity contribution in [2.75, 3.05) is 7.11 Å². The van der Waals surface area contributed by atoms with Crippen molar-refractivity contribution in [1.82, 2.24) is 5.43 Å². The van der Waals surface area contributed by atoms with Crippen LogP contribution in [0.25, 0.3) is 0 Å². The fraction of sp³-hybridized carbons (Fsp3) is 0.0690. The average Bonchev–Trinajstić information content (AvgIpc) is 2.98. The molecule has 0 saturated carbocycles. The molecule has 0 atom stereocenters. The van der Waals surface area contributed by atoms with Crippen molar-refractivity contribution in [3.05, 3.63) is 135 Å². The molecule has 0 aliphatic rings. The maximum atomic E-state index is 13.2. The number of methoxy groups -OCH3 is 1. The van der Waals surface area contributed by atoms with Crippen LogP contribution >= 0.6 is 0 Å². The van der Waals surface area contributed by atoms with Gasteiger partial charge in [0.2, 0.25) is 0 Å². The van der Waals surface area contributed by atoms with Crippen LogP contribution in [0.1, 0.15) is 27.0 Å². The van der Waals surface area contributed by atoms with Crippen LogP contribution in [-0.2, 0) is 10.4 Å². The smallest absolute Gasteiger partial charge is 0.343 e. The topological polar surface area (TPSA) is 140 Å². The molecule has 1 amide bonds. The van der Waals surface area contributed by atoms with Crippen molar-refractivity contribution in [2.45, 2.75) is 5.60 Å². The van der Waals surface area contributed by atoms with E-state index >= 15 is 0 Å². The Morgan fingerprint density at radius 2 is 1.49 bits per heavy atom. The molecule has 196 valence electrons. The fourth-order valence-corrected chi connectivity index (χ4v) is 3.76. The Kier molecular flexibility index (Phi) is 8.08. The van der Waals surface area contributed by atoms with Crippen molar-refractivity contribution in [1.29, 1.82) is 0 Å². The Labute approximate surface area is 223 Å². The number of nitrogens with one attached hydrogen (secondary N) is 1. The summed E-state index contributed by atoms with van der Waals surface area (Å²) in [4.78, 5) is 35.9. The number of benzene rings is 4. The predicted octanol–water partition coefficient (Wildman–Crippen LogP) is 4.21. The van der Waals surface area contributed by atoms with Gasteiger partial charge in [-0.2, -0.15) is 5.10 Å². The van der Waals surface area contributed by atoms with E-state index in [9.17, 15) is 24.8 Å². The van der Waals surface area contributed by atoms with E-state index in [0.717, 1.165) is 0 Å². The molecular weight excluding hydrogens is 502 g/mol. The second-order valence-corrected chi connectivity index (χ2v) is 8.25. The molecule has 10 nitrogen and oxygen atoms in total. The highest BCUT2D eigenvalue weighted by Gasteiger charge is 2.39. The third-order valence-corrected chi connectivity index (χ3v) is 5.80. The van der Waals surface area contributed by atoms with E-state index in [1.165, 1.54) is 49.7 Å². The first-order chi connectivity index (χ1) is 18.8. The molecule has 4 aromatic rings. The molecule has 0 aliphatic heterocycles. The van der Waals surface area contributed by atoms with Crippen LogP contribution in [-0.4, -0.2) is 35.2 Å². The summed E-state index contributed by atoms with van der Waals surface area (Å²) in [5.41, 5.74) is 1.66. The van der Waals surface area contributed by atoms with E-state index in [1.54, 1.807) is 66.7 Å². The van der Waals surface area contributed by atoms with Crippen molar-refractivity contribution in [3.8, 4) is 11.5 Å². The highest BCUT2D eigenvalue weighted by Crippen LogP contribution is 2.30. The number of esters is 1. The Bertz CT molecular complexity index is 1470. The van der Waals surface area contributed by atoms with Crippen LogP contribution in [0.5, 0.6) is 11.5 Å². The zero-order valence-electron chi connectivity index (χ0n) is 20.7. The van der Waals surface area contributed by atoms with Gasteiger partial charge in [-0.15, -0.1) is 0 Å². The molecule has 4 rings (SSSR count). The summed E-state index contributed by atoms with van der Waals surface area (Å²) in [5, 5.41) is 26.3. The van der Waals surface area contributed by atoms with Crippen molar-refractivity contribution >= 4 is 23.8 Å². The van der Waals surface area contributed by atoms with Gasteiger partial charge in [0.1, 0.15) is 0 Å². The SMILES string of the molecule is COc1cc(/C=N\NC(=O)C(O)(c2ccccc2)c2ccccc2)ccc1OC(=O)c1ccc([N+](=O)[O-])cc1. The highest BCUT2D eigenvalue weighted by atomic mass is 16.6. The fourth-order valence-electron chi connectivity index (χ4n) is 3.76. The number of hydrogen-bond donors (Lipinski definition) is 2. The number of hydrazone groups is 1. The molecule has 0 spiro atoms. The van der Waals surface area contributed by atoms with Crippen molar-refractivity contribution in [2.24, 2.45) is 5.10 Å². The molecule has 0 saturated heterocycles. The zero-order chi connectivity index (χ0) is 27.8. The largest absolute Gasteiger partial charge is 0.493 e. The standard InChI is InChI=1S/C29H23N3O7/c1-38-26-18-20(12-17-25(26)39-27(33)21-13-15-24(16-14-21)32(36)37)19-30-31-28(34)29(35,22-8-4-2-5-9-22)23-10-6-3-7-11-23/h2-19,35H,1H3,(H,31,34)/b30-19-. The van der Waals surface area contributed by atoms with Crippen LogP contribution in [0, 0.1) is 10.1 Å². The third-order valence-electron chi connectivity index (χ3n) is 5.80. The maximum absolute atomic E-state index is 13.2. The van der Waals surface area contributed by atoms with E-state index in [-0.39, 0.29) is 22.7 Å². The van der Waals surface area contributed by atoms with Crippen LogP contribution in [0.3, 0.4) is 0 Å². The Morgan fingerprint density at radius 1 is 0.897 bits per heavy atom. The number of nitrogens with zero attached hydrogens (tertiary/aromatic N) is 2. The summed E-state index contributed by atoms with van der Waals surface area (Å²) in [5.74, 6) is -1.15. The van der Waals surface area contributed by atoms with Crippen molar-refractivity contribution in [3.63, 3.8) is 0 Å². The molecular formula is C29H23N3O7. The van der Waals surface area contributed by atoms with Gasteiger partial charge in [-0.1, -0.05) is 60.7 Å². The number of carbonyl (C=O) groups excluding carboxylic acids is 2. The van der Waals surface area contributed by atoms with Crippen LogP contribution in [0.4, 0.5) is 5.69 Å². The lowest BCUT2D eigenvalue weighted by molar-refractivity contribution is -0.384. The molecule has 0 aliphatic carbocycles. The van der Waals surface area contributed by atoms with Gasteiger partial charge < -0.3 is 14.6 Å². The lowest BCUT2D eigenvalue weighted by atomic mass is 9.85. The lowest BCUT2D eigenvalue weighted by Crippen LogP contribution is -2.43. The van der Waals surface area contributed by atoms with E-state index in [0.29, 0.717) is 16.7 Å². The minimum Gasteiger partial charge on any atom is -0.493 e. The zero-order valence-corrected chi connectivity index (χ0v) is 20.7. The minimum absolute atomic E-state index is 0.115. The number of non-ortho nitro benzene ring substituents is 1. The lowest BCUT2D eigenvalue weighted by Gasteiger charge is -2.27. The first-order valence-corrected chi connectivity index (χ1v) is 11.6. The molecule has 2 N–H and O–H groups in total. The molecule has 39 heavy (non-hydrogen) atoms. The van der Waals surface area contributed by atoms with E-state index in [2.05, 4.69) is 10.5 Å². The molecule has 10 heteroatoms. The second kappa shape index (κ2) is 11.8. The first-order valence-electron chi connectivity index (χ1n) is 11.6. The third kappa shape index (κ3) is 5.97. The molecule has 0 radical (unpaired) electrons. The number of amides is 1. The van der Waals surface area contributed by atoms with Crippen molar-refractivity contribution < 1.29 is 29.1 Å². The van der Waals surface area contributed by atoms with Gasteiger partial charge in [0.15, 0.2) is 17.1 Å². The number of nitro benzene ring substituents is 1. The van der Waals surface area contributed by atoms with E-state index in [1.807, 2.05) is 0 Å². The first kappa shape index (κ1) is 26.7. The number of aliphatic hydroxyl groups is 1. The maximum Gasteiger partial charge on any atom is 0.343 e. The summed E-state index contributed by atoms with van der Waals surface area (Å²) in [6.07, 6.45) is 1.35. The normalized spacial score (nSPS) is 11.1. The number of carbonyl (C=O) groups is 2. The predicted molar refractivity (Wildman–Crippen MR) is 143 cm³/mol. The molecule has 0 fully saturated rings. The van der Waals surface area contributed by atoms with Crippen LogP contribution in [0.2, 0.25) is 0 Å². The second-order valence-electron chi connectivity index (χ2n) is 8.25. The highest BCUT2D eigenvalue weighted by molar-refractivity contribution is 5.92. The molecule has 0 aromatic heterocycles. The average molecular weight is 526 g/mol. The van der Waals surface area contributed by atoms with E-state index in [4.69, 9.17) is 9.47 Å². The molecule has 4 aromatic carbocycles. The van der Waals surface area contributed by atoms with Crippen LogP contribution in [0.15, 0.2) is 108 Å². The summed E-state index contributed by atoms with van der Waals surface area (Å²) < 4.78 is 10.7. The summed E-state index contributed by atoms with van der Waals surface area (Å²) >= 11 is 0. The number of nitro groups is 1. The van der Waals surface area contributed by atoms with Gasteiger partial charge in [0.05, 0.1) is 23.8 Å². The minimum atomic E-state index is -1.98. The Hall–Kier alpha value is -5.35. The van der Waals surface area contributed by atoms with Crippen LogP contribution < -0.4 is 14.9 Å². The van der Waals surface area contributed by atoms with Gasteiger partial charge in [-0.05, 0) is 47.0 Å². The quantitative estimate of drug-likeness (QED) is 0.110. The number of hydrogen-bond acceptors (Lipinski definition) is 8. The monoisotopic (exact) mass is 525 g/mol. The number of rotatable bonds is 9. The van der Waals surface area contributed by atoms with Gasteiger partial charge in [-0.3, -0.25) is 14.9 Å². The van der Waals surface area contributed by atoms with Gasteiger partial charge >= 0.3 is 5.97 Å². The van der Waals surface area contributed by atoms with Gasteiger partial charge in [-0.25, -0.2) is 10.2 Å². The van der Waals surface area contributed by atoms with E-state index < -0.39 is 22.4 Å². The Morgan fingerprint density at radius 3 is 2.03 bits per heavy atom. The van der Waals surface area contributed by atoms with Gasteiger partial charge in [0, 0.05) is 12.1 Å². The molecule has 0 unspecified atom stereocenters. The summed E-state index contributed by atoms with van der Waals surface area (Å²) in [6.45, 7) is 0.